The molecule has 0 unspecified atom stereocenters. The Hall–Kier alpha value is -1.65. The highest BCUT2D eigenvalue weighted by Gasteiger charge is 1.95. The molecule has 0 fully saturated rings. The lowest BCUT2D eigenvalue weighted by Gasteiger charge is -1.87. The summed E-state index contributed by atoms with van der Waals surface area (Å²) in [6, 6.07) is 1.79. The largest absolute Gasteiger partial charge is 0.284 e. The van der Waals surface area contributed by atoms with Gasteiger partial charge in [0.1, 0.15) is 6.20 Å². The fourth-order valence-electron chi connectivity index (χ4n) is 0.672. The lowest BCUT2D eigenvalue weighted by atomic mass is 10.6. The van der Waals surface area contributed by atoms with Gasteiger partial charge in [-0.15, -0.1) is 5.10 Å². The topological polar surface area (TPSA) is 59.4 Å². The van der Waals surface area contributed by atoms with E-state index in [4.69, 9.17) is 0 Å². The summed E-state index contributed by atoms with van der Waals surface area (Å²) in [7, 11) is 0. The van der Waals surface area contributed by atoms with Gasteiger partial charge in [0, 0.05) is 12.3 Å². The third-order valence-corrected chi connectivity index (χ3v) is 1.10. The minimum atomic E-state index is 0.716. The van der Waals surface area contributed by atoms with Crippen molar-refractivity contribution in [3.8, 4) is 5.82 Å². The number of nitrogens with one attached hydrogen (secondary N) is 1. The van der Waals surface area contributed by atoms with Gasteiger partial charge in [-0.1, -0.05) is 5.21 Å². The zero-order chi connectivity index (χ0) is 6.81. The monoisotopic (exact) mass is 134 g/mol. The fraction of sp³-hybridized carbons (Fsp3) is 0. The Morgan fingerprint density at radius 3 is 3.20 bits per heavy atom. The van der Waals surface area contributed by atoms with Crippen LogP contribution in [0.4, 0.5) is 0 Å². The van der Waals surface area contributed by atoms with Gasteiger partial charge < -0.3 is 0 Å². The summed E-state index contributed by atoms with van der Waals surface area (Å²) < 4.78 is 1.52. The van der Waals surface area contributed by atoms with Gasteiger partial charge in [0.05, 0.1) is 6.20 Å². The van der Waals surface area contributed by atoms with Gasteiger partial charge in [0.25, 0.3) is 0 Å². The van der Waals surface area contributed by atoms with E-state index >= 15 is 0 Å². The number of hydrogen-bond acceptors (Lipinski definition) is 3. The molecule has 0 saturated carbocycles. The lowest BCUT2D eigenvalue weighted by Crippen LogP contribution is -1.94. The van der Waals surface area contributed by atoms with Crippen LogP contribution in [0.3, 0.4) is 0 Å². The molecule has 0 aromatic carbocycles. The number of rotatable bonds is 1. The highest BCUT2D eigenvalue weighted by atomic mass is 15.4. The minimum Gasteiger partial charge on any atom is -0.284 e. The maximum absolute atomic E-state index is 3.87. The first-order chi connectivity index (χ1) is 4.97. The standard InChI is InChI=1S/C5H4N5/c1-2-6-8-5(1)10-4-3-7-9-10/h1-2,4H,(H,6,8). The highest BCUT2D eigenvalue weighted by Crippen LogP contribution is 1.95. The number of hydrogen-bond donors (Lipinski definition) is 1. The quantitative estimate of drug-likeness (QED) is 0.587. The lowest BCUT2D eigenvalue weighted by molar-refractivity contribution is 0.775. The Kier molecular flexibility index (Phi) is 1.00. The molecule has 0 bridgehead atoms. The van der Waals surface area contributed by atoms with Crippen molar-refractivity contribution < 1.29 is 0 Å². The Bertz CT molecular complexity index is 249. The van der Waals surface area contributed by atoms with Crippen molar-refractivity contribution in [2.75, 3.05) is 0 Å². The summed E-state index contributed by atoms with van der Waals surface area (Å²) in [4.78, 5) is 0. The molecule has 2 aromatic heterocycles. The number of H-pyrrole nitrogens is 1. The van der Waals surface area contributed by atoms with Crippen LogP contribution in [0.25, 0.3) is 5.82 Å². The molecule has 1 radical (unpaired) electrons. The molecule has 0 amide bonds. The van der Waals surface area contributed by atoms with Crippen LogP contribution >= 0.6 is 0 Å². The van der Waals surface area contributed by atoms with Crippen LogP contribution in [-0.2, 0) is 0 Å². The average Bonchev–Trinajstić information content (AvgIpc) is 2.59. The second-order valence-electron chi connectivity index (χ2n) is 1.72. The number of aromatic nitrogens is 5. The Balaban J connectivity index is 2.48. The molecule has 0 saturated heterocycles. The average molecular weight is 134 g/mol. The van der Waals surface area contributed by atoms with E-state index < -0.39 is 0 Å². The van der Waals surface area contributed by atoms with Crippen molar-refractivity contribution in [2.45, 2.75) is 0 Å². The summed E-state index contributed by atoms with van der Waals surface area (Å²) in [5.74, 6) is 0.716. The highest BCUT2D eigenvalue weighted by molar-refractivity contribution is 5.15. The molecule has 0 atom stereocenters. The zero-order valence-electron chi connectivity index (χ0n) is 5.02. The van der Waals surface area contributed by atoms with E-state index in [-0.39, 0.29) is 0 Å². The molecule has 5 heteroatoms. The van der Waals surface area contributed by atoms with E-state index in [0.29, 0.717) is 5.82 Å². The van der Waals surface area contributed by atoms with Gasteiger partial charge in [0.2, 0.25) is 0 Å². The fourth-order valence-corrected chi connectivity index (χ4v) is 0.672. The van der Waals surface area contributed by atoms with Crippen LogP contribution in [0, 0.1) is 6.20 Å². The van der Waals surface area contributed by atoms with Gasteiger partial charge in [0.15, 0.2) is 5.82 Å². The second-order valence-corrected chi connectivity index (χ2v) is 1.72. The SMILES string of the molecule is [c]1cn(-c2cc[nH]n2)nn1. The maximum Gasteiger partial charge on any atom is 0.176 e. The first-order valence-electron chi connectivity index (χ1n) is 2.75. The van der Waals surface area contributed by atoms with Gasteiger partial charge in [-0.25, -0.2) is 0 Å². The van der Waals surface area contributed by atoms with Gasteiger partial charge in [-0.05, 0) is 0 Å². The summed E-state index contributed by atoms with van der Waals surface area (Å²) in [5.41, 5.74) is 0. The summed E-state index contributed by atoms with van der Waals surface area (Å²) in [6.07, 6.45) is 5.89. The van der Waals surface area contributed by atoms with Crippen LogP contribution in [0.1, 0.15) is 0 Å². The first kappa shape index (κ1) is 5.16. The van der Waals surface area contributed by atoms with E-state index in [0.717, 1.165) is 0 Å². The Morgan fingerprint density at radius 2 is 2.60 bits per heavy atom. The summed E-state index contributed by atoms with van der Waals surface area (Å²) in [5, 5.41) is 13.7. The second kappa shape index (κ2) is 1.94. The molecule has 2 rings (SSSR count). The third-order valence-electron chi connectivity index (χ3n) is 1.10. The van der Waals surface area contributed by atoms with Crippen molar-refractivity contribution in [2.24, 2.45) is 0 Å². The number of aromatic amines is 1. The third kappa shape index (κ3) is 0.680. The maximum atomic E-state index is 3.87. The van der Waals surface area contributed by atoms with Gasteiger partial charge >= 0.3 is 0 Å². The minimum absolute atomic E-state index is 0.716. The predicted octanol–water partition coefficient (Wildman–Crippen LogP) is -0.209. The van der Waals surface area contributed by atoms with Crippen molar-refractivity contribution in [1.82, 2.24) is 25.2 Å². The van der Waals surface area contributed by atoms with E-state index in [9.17, 15) is 0 Å². The van der Waals surface area contributed by atoms with Crippen LogP contribution in [-0.4, -0.2) is 25.2 Å². The molecule has 0 aliphatic rings. The smallest absolute Gasteiger partial charge is 0.176 e. The van der Waals surface area contributed by atoms with Crippen LogP contribution in [0.5, 0.6) is 0 Å². The van der Waals surface area contributed by atoms with Crippen LogP contribution in [0.15, 0.2) is 18.5 Å². The molecule has 49 valence electrons. The molecule has 0 aliphatic carbocycles. The molecule has 2 aromatic rings. The van der Waals surface area contributed by atoms with Crippen molar-refractivity contribution in [3.63, 3.8) is 0 Å². The molecular weight excluding hydrogens is 130 g/mol. The molecule has 2 heterocycles. The molecule has 1 N–H and O–H groups in total. The first-order valence-corrected chi connectivity index (χ1v) is 2.75. The molecule has 10 heavy (non-hydrogen) atoms. The molecular formula is C5H4N5. The van der Waals surface area contributed by atoms with E-state index in [1.807, 2.05) is 0 Å². The zero-order valence-corrected chi connectivity index (χ0v) is 5.02. The predicted molar refractivity (Wildman–Crippen MR) is 32.3 cm³/mol. The summed E-state index contributed by atoms with van der Waals surface area (Å²) >= 11 is 0. The van der Waals surface area contributed by atoms with E-state index in [2.05, 4.69) is 26.7 Å². The van der Waals surface area contributed by atoms with Crippen LogP contribution in [0.2, 0.25) is 0 Å². The summed E-state index contributed by atoms with van der Waals surface area (Å²) in [6.45, 7) is 0. The van der Waals surface area contributed by atoms with Crippen molar-refractivity contribution >= 4 is 0 Å². The van der Waals surface area contributed by atoms with E-state index in [1.165, 1.54) is 4.68 Å². The molecule has 0 spiro atoms. The molecule has 0 aliphatic heterocycles. The van der Waals surface area contributed by atoms with E-state index in [1.54, 1.807) is 18.5 Å². The normalized spacial score (nSPS) is 10.0. The van der Waals surface area contributed by atoms with Crippen molar-refractivity contribution in [3.05, 3.63) is 24.7 Å². The van der Waals surface area contributed by atoms with Crippen LogP contribution < -0.4 is 0 Å². The van der Waals surface area contributed by atoms with Gasteiger partial charge in [-0.2, -0.15) is 9.78 Å². The Labute approximate surface area is 56.7 Å². The Morgan fingerprint density at radius 1 is 1.60 bits per heavy atom. The number of nitrogens with zero attached hydrogens (tertiary/aromatic N) is 4. The van der Waals surface area contributed by atoms with Gasteiger partial charge in [-0.3, -0.25) is 5.10 Å². The molecule has 5 nitrogen and oxygen atoms in total. The van der Waals surface area contributed by atoms with Crippen molar-refractivity contribution in [1.29, 1.82) is 0 Å².